The molecule has 10 aromatic carbocycles. The molecule has 3 heteroatoms. The molecule has 0 amide bonds. The van der Waals surface area contributed by atoms with Crippen molar-refractivity contribution in [1.82, 2.24) is 9.97 Å². The molecule has 2 heterocycles. The molecule has 57 heavy (non-hydrogen) atoms. The van der Waals surface area contributed by atoms with Gasteiger partial charge in [0.15, 0.2) is 0 Å². The molecule has 0 atom stereocenters. The molecule has 2 aromatic heterocycles. The molecule has 0 fully saturated rings. The van der Waals surface area contributed by atoms with E-state index < -0.39 is 0 Å². The van der Waals surface area contributed by atoms with E-state index in [9.17, 15) is 0 Å². The van der Waals surface area contributed by atoms with Crippen molar-refractivity contribution < 1.29 is 4.42 Å². The second-order valence-corrected chi connectivity index (χ2v) is 14.8. The monoisotopic (exact) mass is 724 g/mol. The van der Waals surface area contributed by atoms with Gasteiger partial charge in [-0.05, 0) is 89.5 Å². The third-order valence-corrected chi connectivity index (χ3v) is 11.8. The molecule has 0 radical (unpaired) electrons. The number of nitrogens with zero attached hydrogens (tertiary/aromatic N) is 2. The Bertz CT molecular complexity index is 3560. The minimum atomic E-state index is 0.910. The fourth-order valence-corrected chi connectivity index (χ4v) is 9.20. The Morgan fingerprint density at radius 3 is 1.53 bits per heavy atom. The van der Waals surface area contributed by atoms with E-state index in [-0.39, 0.29) is 0 Å². The predicted octanol–water partition coefficient (Wildman–Crippen LogP) is 14.8. The van der Waals surface area contributed by atoms with Gasteiger partial charge in [-0.15, -0.1) is 0 Å². The summed E-state index contributed by atoms with van der Waals surface area (Å²) >= 11 is 0. The second kappa shape index (κ2) is 12.5. The largest absolute Gasteiger partial charge is 0.455 e. The summed E-state index contributed by atoms with van der Waals surface area (Å²) in [5, 5.41) is 11.8. The summed E-state index contributed by atoms with van der Waals surface area (Å²) in [4.78, 5) is 9.48. The summed E-state index contributed by atoms with van der Waals surface area (Å²) in [6, 6.07) is 65.7. The van der Waals surface area contributed by atoms with Crippen LogP contribution in [0, 0.1) is 0 Å². The fourth-order valence-electron chi connectivity index (χ4n) is 9.20. The lowest BCUT2D eigenvalue weighted by atomic mass is 9.88. The van der Waals surface area contributed by atoms with Crippen molar-refractivity contribution in [2.45, 2.75) is 0 Å². The first-order chi connectivity index (χ1) is 28.3. The van der Waals surface area contributed by atoms with Gasteiger partial charge in [-0.2, -0.15) is 0 Å². The summed E-state index contributed by atoms with van der Waals surface area (Å²) in [5.74, 6) is 0. The lowest BCUT2D eigenvalue weighted by Gasteiger charge is -2.16. The highest BCUT2D eigenvalue weighted by atomic mass is 16.3. The van der Waals surface area contributed by atoms with Crippen LogP contribution in [0.5, 0.6) is 0 Å². The lowest BCUT2D eigenvalue weighted by molar-refractivity contribution is 0.670. The van der Waals surface area contributed by atoms with Crippen LogP contribution < -0.4 is 0 Å². The molecule has 3 nitrogen and oxygen atoms in total. The van der Waals surface area contributed by atoms with Gasteiger partial charge in [0.1, 0.15) is 11.2 Å². The SMILES string of the molecule is c1cc(-c2ccc3c(c2)c2ccccc2c2nccnc32)cc(-c2cccc3c(-c4ccc(-c5cccc6c5oc5ccccc56)c5ccccc45)cccc23)c1. The molecule has 12 aromatic rings. The van der Waals surface area contributed by atoms with Gasteiger partial charge in [-0.1, -0.05) is 164 Å². The van der Waals surface area contributed by atoms with Crippen molar-refractivity contribution in [3.8, 4) is 44.5 Å². The van der Waals surface area contributed by atoms with E-state index in [1.807, 2.05) is 12.1 Å². The van der Waals surface area contributed by atoms with Crippen molar-refractivity contribution in [2.24, 2.45) is 0 Å². The van der Waals surface area contributed by atoms with Crippen LogP contribution in [0.25, 0.3) is 121 Å². The molecule has 0 saturated heterocycles. The number of rotatable bonds is 4. The summed E-state index contributed by atoms with van der Waals surface area (Å²) < 4.78 is 6.50. The number of hydrogen-bond donors (Lipinski definition) is 0. The van der Waals surface area contributed by atoms with Crippen LogP contribution in [-0.4, -0.2) is 9.97 Å². The van der Waals surface area contributed by atoms with Crippen LogP contribution in [0.4, 0.5) is 0 Å². The van der Waals surface area contributed by atoms with E-state index in [1.165, 1.54) is 71.3 Å². The molecule has 0 saturated carbocycles. The maximum absolute atomic E-state index is 6.50. The molecule has 0 aliphatic rings. The predicted molar refractivity (Wildman–Crippen MR) is 239 cm³/mol. The summed E-state index contributed by atoms with van der Waals surface area (Å²) in [6.07, 6.45) is 3.56. The molecule has 0 unspecified atom stereocenters. The van der Waals surface area contributed by atoms with Crippen LogP contribution in [-0.2, 0) is 0 Å². The zero-order valence-electron chi connectivity index (χ0n) is 30.8. The third-order valence-electron chi connectivity index (χ3n) is 11.8. The maximum Gasteiger partial charge on any atom is 0.143 e. The first-order valence-electron chi connectivity index (χ1n) is 19.4. The van der Waals surface area contributed by atoms with Gasteiger partial charge in [0, 0.05) is 39.5 Å². The van der Waals surface area contributed by atoms with Gasteiger partial charge in [-0.3, -0.25) is 9.97 Å². The molecular weight excluding hydrogens is 693 g/mol. The summed E-state index contributed by atoms with van der Waals surface area (Å²) in [7, 11) is 0. The lowest BCUT2D eigenvalue weighted by Crippen LogP contribution is -1.90. The topological polar surface area (TPSA) is 38.9 Å². The van der Waals surface area contributed by atoms with Crippen LogP contribution in [0.2, 0.25) is 0 Å². The molecular formula is C54H32N2O. The number of fused-ring (bicyclic) bond motifs is 11. The maximum atomic E-state index is 6.50. The Kier molecular flexibility index (Phi) is 6.93. The molecule has 264 valence electrons. The quantitative estimate of drug-likeness (QED) is 0.170. The van der Waals surface area contributed by atoms with Gasteiger partial charge in [0.05, 0.1) is 11.0 Å². The van der Waals surface area contributed by atoms with Crippen molar-refractivity contribution in [1.29, 1.82) is 0 Å². The number of para-hydroxylation sites is 2. The highest BCUT2D eigenvalue weighted by molar-refractivity contribution is 6.23. The molecule has 0 aliphatic heterocycles. The number of furan rings is 1. The minimum Gasteiger partial charge on any atom is -0.455 e. The van der Waals surface area contributed by atoms with E-state index >= 15 is 0 Å². The first-order valence-corrected chi connectivity index (χ1v) is 19.4. The fraction of sp³-hybridized carbons (Fsp3) is 0. The highest BCUT2D eigenvalue weighted by Crippen LogP contribution is 2.44. The molecule has 0 N–H and O–H groups in total. The van der Waals surface area contributed by atoms with E-state index in [1.54, 1.807) is 12.4 Å². The van der Waals surface area contributed by atoms with Gasteiger partial charge >= 0.3 is 0 Å². The van der Waals surface area contributed by atoms with Gasteiger partial charge in [-0.25, -0.2) is 0 Å². The molecule has 12 rings (SSSR count). The van der Waals surface area contributed by atoms with Gasteiger partial charge in [0.25, 0.3) is 0 Å². The zero-order valence-corrected chi connectivity index (χ0v) is 30.8. The average Bonchev–Trinajstić information content (AvgIpc) is 3.67. The zero-order chi connectivity index (χ0) is 37.5. The smallest absolute Gasteiger partial charge is 0.143 e. The number of hydrogen-bond acceptors (Lipinski definition) is 3. The van der Waals surface area contributed by atoms with Crippen LogP contribution in [0.3, 0.4) is 0 Å². The Morgan fingerprint density at radius 1 is 0.281 bits per heavy atom. The average molecular weight is 725 g/mol. The summed E-state index contributed by atoms with van der Waals surface area (Å²) in [6.45, 7) is 0. The Morgan fingerprint density at radius 2 is 0.772 bits per heavy atom. The van der Waals surface area contributed by atoms with Gasteiger partial charge in [0.2, 0.25) is 0 Å². The second-order valence-electron chi connectivity index (χ2n) is 14.8. The molecule has 0 aliphatic carbocycles. The highest BCUT2D eigenvalue weighted by Gasteiger charge is 2.18. The van der Waals surface area contributed by atoms with Crippen LogP contribution in [0.15, 0.2) is 199 Å². The van der Waals surface area contributed by atoms with Gasteiger partial charge < -0.3 is 4.42 Å². The minimum absolute atomic E-state index is 0.910. The van der Waals surface area contributed by atoms with Crippen molar-refractivity contribution in [3.63, 3.8) is 0 Å². The Labute approximate surface area is 328 Å². The van der Waals surface area contributed by atoms with Crippen molar-refractivity contribution in [3.05, 3.63) is 194 Å². The first kappa shape index (κ1) is 31.7. The molecule has 0 spiro atoms. The van der Waals surface area contributed by atoms with Crippen molar-refractivity contribution in [2.75, 3.05) is 0 Å². The van der Waals surface area contributed by atoms with Crippen LogP contribution in [0.1, 0.15) is 0 Å². The standard InChI is InChI=1S/C54H32N2O/c1-2-14-39-38(13-1)43(27-28-44(39)48-22-10-23-49-45-16-5-6-24-51(45)57-54(48)49)41-21-9-19-37-36(18-8-20-40(37)41)35-12-7-11-33(31-35)34-25-26-47-50(32-34)42-15-3-4-17-46(42)52-53(47)56-30-29-55-52/h1-32H. The Hall–Kier alpha value is -7.62. The van der Waals surface area contributed by atoms with E-state index in [2.05, 4.69) is 170 Å². The Balaban J connectivity index is 0.988. The van der Waals surface area contributed by atoms with E-state index in [0.29, 0.717) is 0 Å². The van der Waals surface area contributed by atoms with Crippen molar-refractivity contribution >= 4 is 76.1 Å². The van der Waals surface area contributed by atoms with Crippen LogP contribution >= 0.6 is 0 Å². The van der Waals surface area contributed by atoms with E-state index in [4.69, 9.17) is 14.4 Å². The summed E-state index contributed by atoms with van der Waals surface area (Å²) in [5.41, 5.74) is 13.1. The normalized spacial score (nSPS) is 11.9. The van der Waals surface area contributed by atoms with E-state index in [0.717, 1.165) is 49.3 Å². The number of benzene rings is 10. The molecule has 0 bridgehead atoms. The third kappa shape index (κ3) is 4.86. The number of aromatic nitrogens is 2.